The van der Waals surface area contributed by atoms with E-state index in [-0.39, 0.29) is 23.8 Å². The Morgan fingerprint density at radius 2 is 2.03 bits per heavy atom. The molecule has 3 fully saturated rings. The van der Waals surface area contributed by atoms with Gasteiger partial charge in [0.15, 0.2) is 5.82 Å². The molecule has 0 bridgehead atoms. The molecule has 0 aliphatic carbocycles. The van der Waals surface area contributed by atoms with E-state index in [1.54, 1.807) is 16.0 Å². The topological polar surface area (TPSA) is 125 Å². The molecule has 38 heavy (non-hydrogen) atoms. The summed E-state index contributed by atoms with van der Waals surface area (Å²) in [4.78, 5) is 42.3. The molecular formula is C27H29N9O2. The minimum atomic E-state index is -0.0749. The summed E-state index contributed by atoms with van der Waals surface area (Å²) in [5.41, 5.74) is 3.43. The number of aryl methyl sites for hydroxylation is 1. The van der Waals surface area contributed by atoms with Crippen molar-refractivity contribution in [3.05, 3.63) is 42.1 Å². The Morgan fingerprint density at radius 1 is 1.21 bits per heavy atom. The Bertz CT molecular complexity index is 1510. The van der Waals surface area contributed by atoms with Gasteiger partial charge in [0.25, 0.3) is 0 Å². The first-order valence-corrected chi connectivity index (χ1v) is 12.7. The summed E-state index contributed by atoms with van der Waals surface area (Å²) in [6.45, 7) is 9.72. The Morgan fingerprint density at radius 3 is 2.76 bits per heavy atom. The highest BCUT2D eigenvalue weighted by Crippen LogP contribution is 2.43. The van der Waals surface area contributed by atoms with E-state index in [1.807, 2.05) is 31.0 Å². The SMILES string of the molecule is C=CC(=O)N1CC2(CCN(c3nc(N4CCN(C)CC4=O)nc(-c4c(C)ccc5[nH]ncc45)c3C#N)C2)C1. The van der Waals surface area contributed by atoms with Crippen molar-refractivity contribution in [1.29, 1.82) is 5.26 Å². The lowest BCUT2D eigenvalue weighted by Gasteiger charge is -2.47. The van der Waals surface area contributed by atoms with Crippen molar-refractivity contribution in [2.45, 2.75) is 13.3 Å². The first kappa shape index (κ1) is 24.1. The number of carbonyl (C=O) groups excluding carboxylic acids is 2. The number of likely N-dealkylation sites (N-methyl/N-ethyl adjacent to an activating group) is 1. The number of piperazine rings is 1. The summed E-state index contributed by atoms with van der Waals surface area (Å²) >= 11 is 0. The fourth-order valence-corrected chi connectivity index (χ4v) is 5.94. The Kier molecular flexibility index (Phi) is 5.65. The van der Waals surface area contributed by atoms with Gasteiger partial charge >= 0.3 is 0 Å². The predicted molar refractivity (Wildman–Crippen MR) is 142 cm³/mol. The van der Waals surface area contributed by atoms with Gasteiger partial charge < -0.3 is 9.80 Å². The fraction of sp³-hybridized carbons (Fsp3) is 0.407. The maximum Gasteiger partial charge on any atom is 0.245 e. The van der Waals surface area contributed by atoms with Gasteiger partial charge in [0.05, 0.1) is 24.0 Å². The van der Waals surface area contributed by atoms with Crippen LogP contribution in [-0.4, -0.2) is 94.6 Å². The maximum atomic E-state index is 13.0. The molecule has 0 saturated carbocycles. The van der Waals surface area contributed by atoms with Gasteiger partial charge in [0.1, 0.15) is 11.6 Å². The Balaban J connectivity index is 1.47. The Hall–Kier alpha value is -4.30. The van der Waals surface area contributed by atoms with Crippen LogP contribution in [0.4, 0.5) is 11.8 Å². The summed E-state index contributed by atoms with van der Waals surface area (Å²) in [6, 6.07) is 6.32. The molecule has 3 saturated heterocycles. The summed E-state index contributed by atoms with van der Waals surface area (Å²) in [7, 11) is 1.91. The lowest BCUT2D eigenvalue weighted by Crippen LogP contribution is -2.59. The van der Waals surface area contributed by atoms with Crippen LogP contribution >= 0.6 is 0 Å². The second kappa shape index (κ2) is 8.92. The van der Waals surface area contributed by atoms with E-state index in [2.05, 4.69) is 27.7 Å². The number of rotatable bonds is 4. The third-order valence-electron chi connectivity index (χ3n) is 7.99. The van der Waals surface area contributed by atoms with Gasteiger partial charge in [-0.3, -0.25) is 24.5 Å². The molecule has 1 spiro atoms. The van der Waals surface area contributed by atoms with E-state index in [4.69, 9.17) is 9.97 Å². The third-order valence-corrected chi connectivity index (χ3v) is 7.99. The number of nitriles is 1. The van der Waals surface area contributed by atoms with Crippen LogP contribution in [0.1, 0.15) is 17.5 Å². The number of likely N-dealkylation sites (tertiary alicyclic amines) is 1. The molecule has 5 heterocycles. The van der Waals surface area contributed by atoms with Crippen molar-refractivity contribution in [2.75, 3.05) is 62.7 Å². The second-order valence-corrected chi connectivity index (χ2v) is 10.6. The summed E-state index contributed by atoms with van der Waals surface area (Å²) in [6.07, 6.45) is 3.98. The number of fused-ring (bicyclic) bond motifs is 1. The van der Waals surface area contributed by atoms with Crippen LogP contribution in [0.25, 0.3) is 22.2 Å². The molecule has 11 heteroatoms. The highest BCUT2D eigenvalue weighted by molar-refractivity contribution is 5.99. The number of nitrogens with zero attached hydrogens (tertiary/aromatic N) is 8. The highest BCUT2D eigenvalue weighted by Gasteiger charge is 2.49. The van der Waals surface area contributed by atoms with E-state index in [0.29, 0.717) is 62.3 Å². The number of hydrogen-bond donors (Lipinski definition) is 1. The van der Waals surface area contributed by atoms with E-state index in [0.717, 1.165) is 28.5 Å². The number of aromatic nitrogens is 4. The van der Waals surface area contributed by atoms with Gasteiger partial charge in [-0.15, -0.1) is 0 Å². The first-order valence-electron chi connectivity index (χ1n) is 12.7. The fourth-order valence-electron chi connectivity index (χ4n) is 5.94. The minimum absolute atomic E-state index is 0.0409. The highest BCUT2D eigenvalue weighted by atomic mass is 16.2. The number of H-pyrrole nitrogens is 1. The zero-order valence-electron chi connectivity index (χ0n) is 21.6. The lowest BCUT2D eigenvalue weighted by molar-refractivity contribution is -0.136. The summed E-state index contributed by atoms with van der Waals surface area (Å²) in [5, 5.41) is 18.5. The van der Waals surface area contributed by atoms with Crippen molar-refractivity contribution >= 4 is 34.5 Å². The number of aromatic amines is 1. The maximum absolute atomic E-state index is 13.0. The molecule has 3 aliphatic heterocycles. The number of carbonyl (C=O) groups is 2. The molecular weight excluding hydrogens is 482 g/mol. The van der Waals surface area contributed by atoms with Crippen LogP contribution in [0.2, 0.25) is 0 Å². The molecule has 0 atom stereocenters. The third kappa shape index (κ3) is 3.80. The standard InChI is InChI=1S/C27H29N9O2/c1-4-21(37)35-15-27(16-35)7-8-34(14-27)25-18(11-28)24(23-17(2)5-6-20-19(23)12-29-32-20)30-26(31-25)36-10-9-33(3)13-22(36)38/h4-6,12H,1,7-10,13-16H2,2-3H3,(H,29,32). The van der Waals surface area contributed by atoms with Gasteiger partial charge in [0.2, 0.25) is 17.8 Å². The molecule has 194 valence electrons. The molecule has 11 nitrogen and oxygen atoms in total. The molecule has 3 aromatic rings. The van der Waals surface area contributed by atoms with Crippen molar-refractivity contribution in [3.8, 4) is 17.3 Å². The van der Waals surface area contributed by atoms with E-state index >= 15 is 0 Å². The Labute approximate surface area is 220 Å². The van der Waals surface area contributed by atoms with Gasteiger partial charge in [-0.2, -0.15) is 15.3 Å². The monoisotopic (exact) mass is 511 g/mol. The van der Waals surface area contributed by atoms with Crippen molar-refractivity contribution < 1.29 is 9.59 Å². The molecule has 1 aromatic carbocycles. The quantitative estimate of drug-likeness (QED) is 0.525. The van der Waals surface area contributed by atoms with Crippen LogP contribution in [0.15, 0.2) is 31.0 Å². The zero-order chi connectivity index (χ0) is 26.6. The van der Waals surface area contributed by atoms with Gasteiger partial charge in [0, 0.05) is 55.6 Å². The molecule has 0 radical (unpaired) electrons. The van der Waals surface area contributed by atoms with E-state index in [1.165, 1.54) is 6.08 Å². The largest absolute Gasteiger partial charge is 0.355 e. The van der Waals surface area contributed by atoms with E-state index in [9.17, 15) is 14.9 Å². The van der Waals surface area contributed by atoms with Crippen LogP contribution < -0.4 is 9.80 Å². The molecule has 2 aromatic heterocycles. The summed E-state index contributed by atoms with van der Waals surface area (Å²) < 4.78 is 0. The average Bonchev–Trinajstić information content (AvgIpc) is 3.54. The average molecular weight is 512 g/mol. The van der Waals surface area contributed by atoms with Crippen LogP contribution in [0.5, 0.6) is 0 Å². The smallest absolute Gasteiger partial charge is 0.245 e. The molecule has 6 rings (SSSR count). The minimum Gasteiger partial charge on any atom is -0.355 e. The van der Waals surface area contributed by atoms with Crippen molar-refractivity contribution in [2.24, 2.45) is 5.41 Å². The van der Waals surface area contributed by atoms with E-state index < -0.39 is 0 Å². The zero-order valence-corrected chi connectivity index (χ0v) is 21.6. The first-order chi connectivity index (χ1) is 18.3. The van der Waals surface area contributed by atoms with Gasteiger partial charge in [-0.25, -0.2) is 4.98 Å². The summed E-state index contributed by atoms with van der Waals surface area (Å²) in [5.74, 6) is 0.708. The predicted octanol–water partition coefficient (Wildman–Crippen LogP) is 1.70. The second-order valence-electron chi connectivity index (χ2n) is 10.6. The van der Waals surface area contributed by atoms with Crippen molar-refractivity contribution in [1.82, 2.24) is 30.0 Å². The van der Waals surface area contributed by atoms with Crippen LogP contribution in [0.3, 0.4) is 0 Å². The number of amides is 2. The molecule has 0 unspecified atom stereocenters. The van der Waals surface area contributed by atoms with Gasteiger partial charge in [-0.1, -0.05) is 12.6 Å². The molecule has 1 N–H and O–H groups in total. The van der Waals surface area contributed by atoms with Gasteiger partial charge in [-0.05, 0) is 38.1 Å². The number of benzene rings is 1. The number of nitrogens with one attached hydrogen (secondary N) is 1. The lowest BCUT2D eigenvalue weighted by atomic mass is 9.79. The van der Waals surface area contributed by atoms with Crippen molar-refractivity contribution in [3.63, 3.8) is 0 Å². The van der Waals surface area contributed by atoms with Crippen LogP contribution in [-0.2, 0) is 9.59 Å². The molecule has 2 amide bonds. The number of hydrogen-bond acceptors (Lipinski definition) is 8. The normalized spacial score (nSPS) is 19.2. The van der Waals surface area contributed by atoms with Crippen LogP contribution in [0, 0.1) is 23.7 Å². The molecule has 3 aliphatic rings. The number of anilines is 2.